The van der Waals surface area contributed by atoms with Gasteiger partial charge in [-0.2, -0.15) is 0 Å². The molecule has 4 unspecified atom stereocenters. The van der Waals surface area contributed by atoms with Gasteiger partial charge in [0.2, 0.25) is 18.9 Å². The second-order valence-corrected chi connectivity index (χ2v) is 8.54. The van der Waals surface area contributed by atoms with E-state index in [1.807, 2.05) is 0 Å². The first-order valence-electron chi connectivity index (χ1n) is 13.3. The first kappa shape index (κ1) is 45.1. The lowest BCUT2D eigenvalue weighted by Crippen LogP contribution is -2.24. The summed E-state index contributed by atoms with van der Waals surface area (Å²) in [5.74, 6) is -4.44. The zero-order chi connectivity index (χ0) is 35.5. The molecule has 0 aliphatic rings. The first-order chi connectivity index (χ1) is 20.8. The number of hydrogen-bond acceptors (Lipinski definition) is 17. The maximum absolute atomic E-state index is 11.4. The number of esters is 5. The Morgan fingerprint density at radius 2 is 0.844 bits per heavy atom. The number of ether oxygens (including phenoxy) is 9. The highest BCUT2D eigenvalue weighted by atomic mass is 35.5. The van der Waals surface area contributed by atoms with Gasteiger partial charge in [0, 0.05) is 34.6 Å². The van der Waals surface area contributed by atoms with Gasteiger partial charge in [-0.25, -0.2) is 9.59 Å². The minimum absolute atomic E-state index is 0.131. The molecule has 0 bridgehead atoms. The Morgan fingerprint density at radius 3 is 1.13 bits per heavy atom. The average molecular weight is 677 g/mol. The fourth-order valence-electron chi connectivity index (χ4n) is 2.26. The van der Waals surface area contributed by atoms with E-state index >= 15 is 0 Å². The number of carboxylic acids is 1. The summed E-state index contributed by atoms with van der Waals surface area (Å²) in [4.78, 5) is 86.0. The van der Waals surface area contributed by atoms with Crippen LogP contribution in [-0.2, 0) is 71.4 Å². The highest BCUT2D eigenvalue weighted by Gasteiger charge is 2.18. The van der Waals surface area contributed by atoms with Gasteiger partial charge in [0.05, 0.1) is 38.9 Å². The third-order valence-corrected chi connectivity index (χ3v) is 3.77. The molecule has 45 heavy (non-hydrogen) atoms. The monoisotopic (exact) mass is 676 g/mol. The Hall–Kier alpha value is -4.35. The van der Waals surface area contributed by atoms with E-state index in [0.717, 1.165) is 0 Å². The van der Waals surface area contributed by atoms with E-state index in [1.54, 1.807) is 20.8 Å². The van der Waals surface area contributed by atoms with E-state index in [1.165, 1.54) is 34.6 Å². The number of halogens is 1. The van der Waals surface area contributed by atoms with Crippen LogP contribution in [0.2, 0.25) is 0 Å². The Balaban J connectivity index is -0.000000653. The van der Waals surface area contributed by atoms with E-state index in [-0.39, 0.29) is 32.3 Å². The molecule has 0 aliphatic heterocycles. The number of carbonyl (C=O) groups is 8. The van der Waals surface area contributed by atoms with Crippen molar-refractivity contribution in [2.75, 3.05) is 13.2 Å². The van der Waals surface area contributed by atoms with Crippen LogP contribution in [0, 0.1) is 0 Å². The molecule has 4 atom stereocenters. The van der Waals surface area contributed by atoms with Crippen LogP contribution in [-0.4, -0.2) is 90.9 Å². The summed E-state index contributed by atoms with van der Waals surface area (Å²) >= 11 is 5.29. The minimum Gasteiger partial charge on any atom is -0.481 e. The number of aliphatic carboxylic acids is 1. The summed E-state index contributed by atoms with van der Waals surface area (Å²) in [5.41, 5.74) is -0.621. The summed E-state index contributed by atoms with van der Waals surface area (Å²) in [5, 5.41) is 8.25. The van der Waals surface area contributed by atoms with E-state index < -0.39 is 72.6 Å². The third kappa shape index (κ3) is 35.8. The number of carboxylic acid groups (broad SMARTS) is 1. The zero-order valence-corrected chi connectivity index (χ0v) is 27.1. The molecule has 0 saturated carbocycles. The standard InChI is InChI=1S/C13H20O9.C8H12O6.C5H9ClO3/c1-5-18-13(17)22-10(4)21-12(16)7-6-11(15)20-9(3)19-8(2)14;1-5(9)13-6(2)14-8(12)4-3-7(10)11;1-3-8-5(7)9-4(2)6/h9-10H,5-7H2,1-4H3;6H,3-4H2,1-2H3,(H,10,11);4H,3H2,1-2H3. The topological polar surface area (TPSA) is 240 Å². The zero-order valence-electron chi connectivity index (χ0n) is 26.3. The molecule has 0 saturated heterocycles. The quantitative estimate of drug-likeness (QED) is 0.113. The molecule has 0 aromatic heterocycles. The van der Waals surface area contributed by atoms with Crippen LogP contribution < -0.4 is 0 Å². The van der Waals surface area contributed by atoms with Crippen molar-refractivity contribution in [2.45, 2.75) is 106 Å². The molecule has 0 rings (SSSR count). The number of hydrogen-bond donors (Lipinski definition) is 1. The molecule has 19 heteroatoms. The van der Waals surface area contributed by atoms with Gasteiger partial charge < -0.3 is 47.7 Å². The number of alkyl halides is 1. The molecule has 0 spiro atoms. The van der Waals surface area contributed by atoms with Gasteiger partial charge in [-0.15, -0.1) is 0 Å². The fourth-order valence-corrected chi connectivity index (χ4v) is 2.33. The lowest BCUT2D eigenvalue weighted by molar-refractivity contribution is -0.185. The van der Waals surface area contributed by atoms with Gasteiger partial charge in [0.15, 0.2) is 5.56 Å². The molecular formula is C26H41ClO18. The third-order valence-electron chi connectivity index (χ3n) is 3.68. The molecular weight excluding hydrogens is 636 g/mol. The lowest BCUT2D eigenvalue weighted by atomic mass is 10.3. The van der Waals surface area contributed by atoms with E-state index in [0.29, 0.717) is 6.61 Å². The first-order valence-corrected chi connectivity index (χ1v) is 13.7. The van der Waals surface area contributed by atoms with E-state index in [2.05, 4.69) is 33.2 Å². The predicted octanol–water partition coefficient (Wildman–Crippen LogP) is 3.33. The van der Waals surface area contributed by atoms with Gasteiger partial charge in [-0.3, -0.25) is 28.8 Å². The fraction of sp³-hybridized carbons (Fsp3) is 0.692. The second-order valence-electron chi connectivity index (χ2n) is 7.93. The summed E-state index contributed by atoms with van der Waals surface area (Å²) in [6.07, 6.45) is -5.91. The van der Waals surface area contributed by atoms with Crippen molar-refractivity contribution in [2.24, 2.45) is 0 Å². The van der Waals surface area contributed by atoms with Crippen LogP contribution in [0.4, 0.5) is 9.59 Å². The second kappa shape index (κ2) is 27.2. The SMILES string of the molecule is CC(=O)OC(C)OC(=O)CCC(=O)O.CCOC(=O)OC(C)Cl.CCOC(=O)OC(C)OC(=O)CCC(=O)OC(C)OC(C)=O. The number of rotatable bonds is 15. The van der Waals surface area contributed by atoms with Crippen LogP contribution >= 0.6 is 11.6 Å². The Kier molecular flexibility index (Phi) is 27.3. The van der Waals surface area contributed by atoms with E-state index in [9.17, 15) is 38.4 Å². The van der Waals surface area contributed by atoms with Crippen molar-refractivity contribution in [3.63, 3.8) is 0 Å². The minimum atomic E-state index is -1.14. The van der Waals surface area contributed by atoms with Crippen LogP contribution in [0.15, 0.2) is 0 Å². The van der Waals surface area contributed by atoms with Crippen LogP contribution in [0.1, 0.15) is 81.1 Å². The average Bonchev–Trinajstić information content (AvgIpc) is 2.85. The van der Waals surface area contributed by atoms with E-state index in [4.69, 9.17) is 26.2 Å². The van der Waals surface area contributed by atoms with Crippen molar-refractivity contribution in [3.8, 4) is 0 Å². The van der Waals surface area contributed by atoms with Crippen molar-refractivity contribution < 1.29 is 86.1 Å². The van der Waals surface area contributed by atoms with Crippen LogP contribution in [0.5, 0.6) is 0 Å². The van der Waals surface area contributed by atoms with Gasteiger partial charge in [0.1, 0.15) is 0 Å². The molecule has 0 heterocycles. The molecule has 0 aliphatic carbocycles. The molecule has 0 aromatic carbocycles. The molecule has 0 radical (unpaired) electrons. The normalized spacial score (nSPS) is 12.2. The molecule has 1 N–H and O–H groups in total. The van der Waals surface area contributed by atoms with Crippen molar-refractivity contribution >= 4 is 59.7 Å². The molecule has 0 aromatic rings. The summed E-state index contributed by atoms with van der Waals surface area (Å²) in [6, 6.07) is 0. The summed E-state index contributed by atoms with van der Waals surface area (Å²) in [6.45, 7) is 11.7. The van der Waals surface area contributed by atoms with Gasteiger partial charge >= 0.3 is 48.1 Å². The Morgan fingerprint density at radius 1 is 0.533 bits per heavy atom. The van der Waals surface area contributed by atoms with Gasteiger partial charge in [-0.1, -0.05) is 11.6 Å². The predicted molar refractivity (Wildman–Crippen MR) is 148 cm³/mol. The Labute approximate surface area is 264 Å². The maximum Gasteiger partial charge on any atom is 0.511 e. The lowest BCUT2D eigenvalue weighted by Gasteiger charge is -2.14. The molecule has 18 nitrogen and oxygen atoms in total. The van der Waals surface area contributed by atoms with Crippen LogP contribution in [0.3, 0.4) is 0 Å². The van der Waals surface area contributed by atoms with Crippen molar-refractivity contribution in [3.05, 3.63) is 0 Å². The highest BCUT2D eigenvalue weighted by Crippen LogP contribution is 2.04. The van der Waals surface area contributed by atoms with Gasteiger partial charge in [0.25, 0.3) is 0 Å². The van der Waals surface area contributed by atoms with Crippen LogP contribution in [0.25, 0.3) is 0 Å². The van der Waals surface area contributed by atoms with Gasteiger partial charge in [-0.05, 0) is 20.8 Å². The summed E-state index contributed by atoms with van der Waals surface area (Å²) < 4.78 is 41.0. The Bertz CT molecular complexity index is 950. The molecule has 0 fully saturated rings. The largest absolute Gasteiger partial charge is 0.511 e. The maximum atomic E-state index is 11.4. The highest BCUT2D eigenvalue weighted by molar-refractivity contribution is 6.19. The van der Waals surface area contributed by atoms with Crippen molar-refractivity contribution in [1.82, 2.24) is 0 Å². The number of carbonyl (C=O) groups excluding carboxylic acids is 7. The van der Waals surface area contributed by atoms with Crippen molar-refractivity contribution in [1.29, 1.82) is 0 Å². The molecule has 260 valence electrons. The summed E-state index contributed by atoms with van der Waals surface area (Å²) in [7, 11) is 0. The molecule has 0 amide bonds. The smallest absolute Gasteiger partial charge is 0.481 e.